The summed E-state index contributed by atoms with van der Waals surface area (Å²) in [7, 11) is 6.10. The van der Waals surface area contributed by atoms with Crippen molar-refractivity contribution in [3.8, 4) is 0 Å². The number of hydrogen-bond donors (Lipinski definition) is 0. The van der Waals surface area contributed by atoms with E-state index in [1.54, 1.807) is 0 Å². The van der Waals surface area contributed by atoms with Crippen LogP contribution in [0.5, 0.6) is 0 Å². The van der Waals surface area contributed by atoms with Crippen LogP contribution in [-0.2, 0) is 0 Å². The summed E-state index contributed by atoms with van der Waals surface area (Å²) in [5.74, 6) is 3.00. The Bertz CT molecular complexity index is 129. The monoisotopic (exact) mass is 164 g/mol. The third-order valence-corrected chi connectivity index (χ3v) is 3.54. The van der Waals surface area contributed by atoms with Gasteiger partial charge in [-0.25, -0.2) is 0 Å². The maximum Gasteiger partial charge on any atom is 0.0703 e. The third-order valence-electron chi connectivity index (χ3n) is 3.54. The second-order valence-electron chi connectivity index (χ2n) is 4.63. The van der Waals surface area contributed by atoms with E-state index in [-0.39, 0.29) is 0 Å². The summed E-state index contributed by atoms with van der Waals surface area (Å²) >= 11 is 0. The lowest BCUT2D eigenvalue weighted by Crippen LogP contribution is -2.25. The van der Waals surface area contributed by atoms with Crippen LogP contribution >= 0.6 is 0 Å². The van der Waals surface area contributed by atoms with Crippen molar-refractivity contribution in [1.29, 1.82) is 0 Å². The second-order valence-corrected chi connectivity index (χ2v) is 4.63. The lowest BCUT2D eigenvalue weighted by atomic mass is 9.63. The lowest BCUT2D eigenvalue weighted by molar-refractivity contribution is 0.192. The van der Waals surface area contributed by atoms with Crippen LogP contribution in [0.1, 0.15) is 46.5 Å². The molecule has 1 saturated carbocycles. The van der Waals surface area contributed by atoms with E-state index in [0.717, 1.165) is 24.2 Å². The van der Waals surface area contributed by atoms with Crippen LogP contribution in [0.25, 0.3) is 0 Å². The van der Waals surface area contributed by atoms with Gasteiger partial charge in [0, 0.05) is 0 Å². The molecule has 4 atom stereocenters. The van der Waals surface area contributed by atoms with Gasteiger partial charge in [0.1, 0.15) is 0 Å². The molecule has 1 fully saturated rings. The first kappa shape index (κ1) is 10.1. The van der Waals surface area contributed by atoms with Gasteiger partial charge in [0.15, 0.2) is 0 Å². The molecule has 0 spiro atoms. The number of hydrogen-bond acceptors (Lipinski definition) is 0. The summed E-state index contributed by atoms with van der Waals surface area (Å²) < 4.78 is 0. The minimum Gasteiger partial charge on any atom is -0.0746 e. The molecule has 0 saturated heterocycles. The van der Waals surface area contributed by atoms with Crippen LogP contribution < -0.4 is 0 Å². The van der Waals surface area contributed by atoms with Crippen molar-refractivity contribution in [2.45, 2.75) is 52.3 Å². The Balaban J connectivity index is 2.48. The highest BCUT2D eigenvalue weighted by atomic mass is 14.3. The molecule has 0 amide bonds. The van der Waals surface area contributed by atoms with Gasteiger partial charge >= 0.3 is 0 Å². The molecule has 2 radical (unpaired) electrons. The molecule has 0 N–H and O–H groups in total. The molecule has 1 rings (SSSR count). The normalized spacial score (nSPS) is 39.4. The van der Waals surface area contributed by atoms with E-state index < -0.39 is 0 Å². The molecular formula is C11H21B. The van der Waals surface area contributed by atoms with Gasteiger partial charge in [-0.1, -0.05) is 45.9 Å². The predicted octanol–water partition coefficient (Wildman–Crippen LogP) is 3.43. The Kier molecular flexibility index (Phi) is 3.67. The molecule has 68 valence electrons. The predicted molar refractivity (Wildman–Crippen MR) is 55.5 cm³/mol. The van der Waals surface area contributed by atoms with Gasteiger partial charge in [0.2, 0.25) is 0 Å². The SMILES string of the molecule is [B]C(CC)C1CC(C)CCC1C. The van der Waals surface area contributed by atoms with Crippen LogP contribution in [0.4, 0.5) is 0 Å². The molecule has 4 unspecified atom stereocenters. The summed E-state index contributed by atoms with van der Waals surface area (Å²) in [6.07, 6.45) is 5.30. The third kappa shape index (κ3) is 2.28. The fourth-order valence-electron chi connectivity index (χ4n) is 2.48. The van der Waals surface area contributed by atoms with Gasteiger partial charge in [-0.05, 0) is 24.2 Å². The molecule has 0 aliphatic heterocycles. The topological polar surface area (TPSA) is 0 Å². The minimum atomic E-state index is 0.447. The summed E-state index contributed by atoms with van der Waals surface area (Å²) in [5.41, 5.74) is 0. The molecule has 0 aromatic rings. The Morgan fingerprint density at radius 2 is 2.00 bits per heavy atom. The maximum atomic E-state index is 6.10. The molecule has 1 heteroatoms. The molecule has 0 nitrogen and oxygen atoms in total. The average Bonchev–Trinajstić information content (AvgIpc) is 2.08. The van der Waals surface area contributed by atoms with E-state index in [1.165, 1.54) is 19.3 Å². The largest absolute Gasteiger partial charge is 0.0746 e. The summed E-state index contributed by atoms with van der Waals surface area (Å²) in [6.45, 7) is 6.93. The summed E-state index contributed by atoms with van der Waals surface area (Å²) in [6, 6.07) is 0. The van der Waals surface area contributed by atoms with E-state index >= 15 is 0 Å². The van der Waals surface area contributed by atoms with Gasteiger partial charge in [-0.2, -0.15) is 0 Å². The Morgan fingerprint density at radius 1 is 1.33 bits per heavy atom. The Morgan fingerprint density at radius 3 is 2.58 bits per heavy atom. The highest BCUT2D eigenvalue weighted by molar-refractivity contribution is 6.11. The van der Waals surface area contributed by atoms with E-state index in [1.807, 2.05) is 0 Å². The van der Waals surface area contributed by atoms with Crippen molar-refractivity contribution in [2.24, 2.45) is 17.8 Å². The zero-order valence-electron chi connectivity index (χ0n) is 8.72. The van der Waals surface area contributed by atoms with Crippen LogP contribution in [0.2, 0.25) is 5.82 Å². The molecule has 1 aliphatic carbocycles. The Hall–Kier alpha value is 0.0649. The highest BCUT2D eigenvalue weighted by Crippen LogP contribution is 2.40. The van der Waals surface area contributed by atoms with Gasteiger partial charge in [0.25, 0.3) is 0 Å². The fourth-order valence-corrected chi connectivity index (χ4v) is 2.48. The molecule has 0 aromatic heterocycles. The zero-order valence-corrected chi connectivity index (χ0v) is 8.72. The summed E-state index contributed by atoms with van der Waals surface area (Å²) in [5, 5.41) is 0. The van der Waals surface area contributed by atoms with Crippen molar-refractivity contribution in [1.82, 2.24) is 0 Å². The molecule has 0 bridgehead atoms. The van der Waals surface area contributed by atoms with E-state index in [9.17, 15) is 0 Å². The minimum absolute atomic E-state index is 0.447. The standard InChI is InChI=1S/C11H21B/c1-4-11(12)10-7-8(2)5-6-9(10)3/h8-11H,4-7H2,1-3H3. The molecule has 1 aliphatic rings. The van der Waals surface area contributed by atoms with E-state index in [4.69, 9.17) is 7.85 Å². The summed E-state index contributed by atoms with van der Waals surface area (Å²) in [4.78, 5) is 0. The van der Waals surface area contributed by atoms with Crippen molar-refractivity contribution in [3.63, 3.8) is 0 Å². The zero-order chi connectivity index (χ0) is 9.14. The fraction of sp³-hybridized carbons (Fsp3) is 1.00. The van der Waals surface area contributed by atoms with Crippen LogP contribution in [0, 0.1) is 17.8 Å². The van der Waals surface area contributed by atoms with Crippen molar-refractivity contribution < 1.29 is 0 Å². The van der Waals surface area contributed by atoms with Crippen LogP contribution in [-0.4, -0.2) is 7.85 Å². The van der Waals surface area contributed by atoms with E-state index in [0.29, 0.717) is 5.82 Å². The molecule has 0 aromatic carbocycles. The first-order valence-corrected chi connectivity index (χ1v) is 5.40. The van der Waals surface area contributed by atoms with E-state index in [2.05, 4.69) is 20.8 Å². The van der Waals surface area contributed by atoms with Crippen LogP contribution in [0.15, 0.2) is 0 Å². The quantitative estimate of drug-likeness (QED) is 0.548. The van der Waals surface area contributed by atoms with Gasteiger partial charge in [-0.15, -0.1) is 0 Å². The highest BCUT2D eigenvalue weighted by Gasteiger charge is 2.28. The molecule has 0 heterocycles. The number of rotatable bonds is 2. The Labute approximate surface area is 78.5 Å². The van der Waals surface area contributed by atoms with Gasteiger partial charge in [0.05, 0.1) is 7.85 Å². The molecular weight excluding hydrogens is 143 g/mol. The average molecular weight is 164 g/mol. The first-order chi connectivity index (χ1) is 5.65. The van der Waals surface area contributed by atoms with Gasteiger partial charge in [-0.3, -0.25) is 0 Å². The van der Waals surface area contributed by atoms with Crippen molar-refractivity contribution >= 4 is 7.85 Å². The second kappa shape index (κ2) is 4.34. The van der Waals surface area contributed by atoms with Gasteiger partial charge < -0.3 is 0 Å². The molecule has 12 heavy (non-hydrogen) atoms. The first-order valence-electron chi connectivity index (χ1n) is 5.40. The van der Waals surface area contributed by atoms with Crippen molar-refractivity contribution in [2.75, 3.05) is 0 Å². The van der Waals surface area contributed by atoms with Crippen molar-refractivity contribution in [3.05, 3.63) is 0 Å². The maximum absolute atomic E-state index is 6.10. The van der Waals surface area contributed by atoms with Crippen LogP contribution in [0.3, 0.4) is 0 Å². The smallest absolute Gasteiger partial charge is 0.0703 e. The lowest BCUT2D eigenvalue weighted by Gasteiger charge is -2.36.